The molecular weight excluding hydrogens is 334 g/mol. The van der Waals surface area contributed by atoms with Gasteiger partial charge in [0.05, 0.1) is 31.8 Å². The maximum atomic E-state index is 12.2. The summed E-state index contributed by atoms with van der Waals surface area (Å²) >= 11 is 0. The van der Waals surface area contributed by atoms with E-state index in [1.165, 1.54) is 12.1 Å². The molecule has 2 aromatic rings. The van der Waals surface area contributed by atoms with Crippen molar-refractivity contribution in [2.75, 3.05) is 25.1 Å². The van der Waals surface area contributed by atoms with Gasteiger partial charge in [0, 0.05) is 12.3 Å². The van der Waals surface area contributed by atoms with Gasteiger partial charge in [-0.1, -0.05) is 24.3 Å². The molecule has 26 heavy (non-hydrogen) atoms. The van der Waals surface area contributed by atoms with Crippen LogP contribution in [-0.4, -0.2) is 36.8 Å². The number of ether oxygens (including phenoxy) is 2. The van der Waals surface area contributed by atoms with Gasteiger partial charge in [-0.15, -0.1) is 0 Å². The Labute approximate surface area is 152 Å². The van der Waals surface area contributed by atoms with E-state index in [-0.39, 0.29) is 17.9 Å². The molecule has 0 spiro atoms. The second kappa shape index (κ2) is 10.3. The van der Waals surface area contributed by atoms with Crippen LogP contribution in [-0.2, 0) is 27.3 Å². The van der Waals surface area contributed by atoms with E-state index < -0.39 is 5.97 Å². The molecule has 0 aliphatic heterocycles. The highest BCUT2D eigenvalue weighted by atomic mass is 16.5. The van der Waals surface area contributed by atoms with Crippen molar-refractivity contribution in [3.8, 4) is 0 Å². The Morgan fingerprint density at radius 1 is 1.00 bits per heavy atom. The second-order valence-corrected chi connectivity index (χ2v) is 5.68. The molecule has 6 nitrogen and oxygen atoms in total. The lowest BCUT2D eigenvalue weighted by Gasteiger charge is -2.09. The molecule has 0 saturated heterocycles. The first-order chi connectivity index (χ1) is 12.6. The average molecular weight is 357 g/mol. The maximum Gasteiger partial charge on any atom is 0.335 e. The molecule has 0 saturated carbocycles. The molecule has 0 aromatic heterocycles. The third-order valence-electron chi connectivity index (χ3n) is 3.62. The Bertz CT molecular complexity index is 727. The van der Waals surface area contributed by atoms with Crippen LogP contribution >= 0.6 is 0 Å². The fourth-order valence-corrected chi connectivity index (χ4v) is 2.35. The van der Waals surface area contributed by atoms with Crippen molar-refractivity contribution in [3.05, 3.63) is 65.2 Å². The number of hydrogen-bond acceptors (Lipinski definition) is 4. The summed E-state index contributed by atoms with van der Waals surface area (Å²) in [4.78, 5) is 23.0. The summed E-state index contributed by atoms with van der Waals surface area (Å²) < 4.78 is 10.7. The number of aromatic carboxylic acids is 1. The van der Waals surface area contributed by atoms with Crippen LogP contribution in [0.5, 0.6) is 0 Å². The highest BCUT2D eigenvalue weighted by molar-refractivity contribution is 5.92. The minimum absolute atomic E-state index is 0.164. The first-order valence-corrected chi connectivity index (χ1v) is 8.45. The van der Waals surface area contributed by atoms with Crippen LogP contribution in [0.1, 0.15) is 28.4 Å². The van der Waals surface area contributed by atoms with E-state index in [4.69, 9.17) is 14.6 Å². The van der Waals surface area contributed by atoms with E-state index in [1.54, 1.807) is 12.1 Å². The fourth-order valence-electron chi connectivity index (χ4n) is 2.35. The zero-order chi connectivity index (χ0) is 18.8. The van der Waals surface area contributed by atoms with Crippen LogP contribution in [0.4, 0.5) is 5.69 Å². The largest absolute Gasteiger partial charge is 0.478 e. The van der Waals surface area contributed by atoms with Gasteiger partial charge in [-0.2, -0.15) is 0 Å². The van der Waals surface area contributed by atoms with Gasteiger partial charge in [0.2, 0.25) is 5.91 Å². The van der Waals surface area contributed by atoms with Crippen LogP contribution in [0, 0.1) is 0 Å². The second-order valence-electron chi connectivity index (χ2n) is 5.68. The van der Waals surface area contributed by atoms with Crippen LogP contribution in [0.15, 0.2) is 48.5 Å². The lowest BCUT2D eigenvalue weighted by molar-refractivity contribution is -0.115. The van der Waals surface area contributed by atoms with Crippen molar-refractivity contribution >= 4 is 17.6 Å². The maximum absolute atomic E-state index is 12.2. The Hall–Kier alpha value is -2.70. The van der Waals surface area contributed by atoms with Crippen molar-refractivity contribution in [1.29, 1.82) is 0 Å². The van der Waals surface area contributed by atoms with Gasteiger partial charge in [-0.05, 0) is 42.3 Å². The minimum atomic E-state index is -0.985. The van der Waals surface area contributed by atoms with Crippen molar-refractivity contribution in [3.63, 3.8) is 0 Å². The quantitative estimate of drug-likeness (QED) is 0.638. The van der Waals surface area contributed by atoms with E-state index in [1.807, 2.05) is 31.2 Å². The molecule has 0 aliphatic rings. The molecule has 138 valence electrons. The molecule has 1 amide bonds. The van der Waals surface area contributed by atoms with Gasteiger partial charge >= 0.3 is 5.97 Å². The SMILES string of the molecule is CCOCCOCc1cccc(NC(=O)Cc2ccc(C(=O)O)cc2)c1. The third kappa shape index (κ3) is 6.66. The number of amides is 1. The molecule has 0 unspecified atom stereocenters. The summed E-state index contributed by atoms with van der Waals surface area (Å²) in [6.07, 6.45) is 0.176. The predicted octanol–water partition coefficient (Wildman–Crippen LogP) is 3.12. The number of rotatable bonds is 10. The van der Waals surface area contributed by atoms with Crippen LogP contribution in [0.2, 0.25) is 0 Å². The molecule has 0 radical (unpaired) electrons. The Kier molecular flexibility index (Phi) is 7.79. The first-order valence-electron chi connectivity index (χ1n) is 8.45. The highest BCUT2D eigenvalue weighted by Crippen LogP contribution is 2.13. The number of carbonyl (C=O) groups is 2. The molecule has 2 aromatic carbocycles. The van der Waals surface area contributed by atoms with Crippen LogP contribution in [0.3, 0.4) is 0 Å². The van der Waals surface area contributed by atoms with Gasteiger partial charge < -0.3 is 19.9 Å². The number of carboxylic acids is 1. The summed E-state index contributed by atoms with van der Waals surface area (Å²) in [5.74, 6) is -1.15. The summed E-state index contributed by atoms with van der Waals surface area (Å²) in [7, 11) is 0. The van der Waals surface area contributed by atoms with Gasteiger partial charge in [-0.3, -0.25) is 4.79 Å². The number of carbonyl (C=O) groups excluding carboxylic acids is 1. The average Bonchev–Trinajstić information content (AvgIpc) is 2.62. The molecule has 2 rings (SSSR count). The lowest BCUT2D eigenvalue weighted by atomic mass is 10.1. The topological polar surface area (TPSA) is 84.9 Å². The monoisotopic (exact) mass is 357 g/mol. The fraction of sp³-hybridized carbons (Fsp3) is 0.300. The van der Waals surface area contributed by atoms with Crippen molar-refractivity contribution in [2.45, 2.75) is 20.0 Å². The zero-order valence-corrected chi connectivity index (χ0v) is 14.7. The van der Waals surface area contributed by atoms with E-state index in [9.17, 15) is 9.59 Å². The number of anilines is 1. The molecule has 0 heterocycles. The van der Waals surface area contributed by atoms with Crippen LogP contribution < -0.4 is 5.32 Å². The predicted molar refractivity (Wildman–Crippen MR) is 98.3 cm³/mol. The number of nitrogens with one attached hydrogen (secondary N) is 1. The molecule has 2 N–H and O–H groups in total. The summed E-state index contributed by atoms with van der Waals surface area (Å²) in [5, 5.41) is 11.7. The van der Waals surface area contributed by atoms with Crippen molar-refractivity contribution in [2.24, 2.45) is 0 Å². The number of benzene rings is 2. The van der Waals surface area contributed by atoms with Crippen molar-refractivity contribution < 1.29 is 24.2 Å². The summed E-state index contributed by atoms with van der Waals surface area (Å²) in [5.41, 5.74) is 2.61. The highest BCUT2D eigenvalue weighted by Gasteiger charge is 2.07. The van der Waals surface area contributed by atoms with Gasteiger partial charge in [0.15, 0.2) is 0 Å². The van der Waals surface area contributed by atoms with E-state index in [0.29, 0.717) is 32.1 Å². The van der Waals surface area contributed by atoms with Gasteiger partial charge in [-0.25, -0.2) is 4.79 Å². The summed E-state index contributed by atoms with van der Waals surface area (Å²) in [6.45, 7) is 4.15. The number of carboxylic acid groups (broad SMARTS) is 1. The molecule has 0 atom stereocenters. The van der Waals surface area contributed by atoms with Gasteiger partial charge in [0.1, 0.15) is 0 Å². The molecule has 0 bridgehead atoms. The third-order valence-corrected chi connectivity index (χ3v) is 3.62. The zero-order valence-electron chi connectivity index (χ0n) is 14.7. The molecule has 0 fully saturated rings. The molecule has 6 heteroatoms. The van der Waals surface area contributed by atoms with Crippen molar-refractivity contribution in [1.82, 2.24) is 0 Å². The van der Waals surface area contributed by atoms with Crippen LogP contribution in [0.25, 0.3) is 0 Å². The molecule has 0 aliphatic carbocycles. The lowest BCUT2D eigenvalue weighted by Crippen LogP contribution is -2.14. The molecular formula is C20H23NO5. The first kappa shape index (κ1) is 19.6. The minimum Gasteiger partial charge on any atom is -0.478 e. The van der Waals surface area contributed by atoms with E-state index in [0.717, 1.165) is 11.1 Å². The normalized spacial score (nSPS) is 10.5. The Balaban J connectivity index is 1.84. The van der Waals surface area contributed by atoms with E-state index >= 15 is 0 Å². The smallest absolute Gasteiger partial charge is 0.335 e. The number of hydrogen-bond donors (Lipinski definition) is 2. The van der Waals surface area contributed by atoms with Gasteiger partial charge in [0.25, 0.3) is 0 Å². The summed E-state index contributed by atoms with van der Waals surface area (Å²) in [6, 6.07) is 13.7. The Morgan fingerprint density at radius 2 is 1.73 bits per heavy atom. The van der Waals surface area contributed by atoms with E-state index in [2.05, 4.69) is 5.32 Å². The standard InChI is InChI=1S/C20H23NO5/c1-2-25-10-11-26-14-16-4-3-5-18(12-16)21-19(22)13-15-6-8-17(9-7-15)20(23)24/h3-9,12H,2,10-11,13-14H2,1H3,(H,21,22)(H,23,24). The Morgan fingerprint density at radius 3 is 2.42 bits per heavy atom.